The molecule has 3 N–H and O–H groups in total. The predicted molar refractivity (Wildman–Crippen MR) is 137 cm³/mol. The topological polar surface area (TPSA) is 85.4 Å². The van der Waals surface area contributed by atoms with Gasteiger partial charge in [-0.25, -0.2) is 18.2 Å². The van der Waals surface area contributed by atoms with E-state index in [0.29, 0.717) is 11.4 Å². The molecule has 2 heterocycles. The molecule has 0 unspecified atom stereocenters. The number of carbonyl (C=O) groups is 1. The van der Waals surface area contributed by atoms with Crippen LogP contribution < -0.4 is 20.9 Å². The normalized spacial score (nSPS) is 16.3. The van der Waals surface area contributed by atoms with Crippen molar-refractivity contribution in [3.8, 4) is 0 Å². The van der Waals surface area contributed by atoms with Gasteiger partial charge in [0.2, 0.25) is 5.95 Å². The van der Waals surface area contributed by atoms with Crippen molar-refractivity contribution in [1.82, 2.24) is 14.9 Å². The minimum atomic E-state index is -0.886. The summed E-state index contributed by atoms with van der Waals surface area (Å²) in [5.41, 5.74) is 0.492. The fourth-order valence-corrected chi connectivity index (χ4v) is 4.28. The third kappa shape index (κ3) is 5.61. The Morgan fingerprint density at radius 2 is 1.73 bits per heavy atom. The van der Waals surface area contributed by atoms with Crippen LogP contribution in [-0.4, -0.2) is 60.0 Å². The van der Waals surface area contributed by atoms with E-state index < -0.39 is 23.2 Å². The Morgan fingerprint density at radius 1 is 1.00 bits per heavy atom. The van der Waals surface area contributed by atoms with Crippen molar-refractivity contribution in [2.45, 2.75) is 25.3 Å². The monoisotopic (exact) mass is 511 g/mol. The van der Waals surface area contributed by atoms with E-state index in [1.807, 2.05) is 11.9 Å². The van der Waals surface area contributed by atoms with E-state index in [2.05, 4.69) is 30.8 Å². The van der Waals surface area contributed by atoms with Gasteiger partial charge in [0.1, 0.15) is 34.5 Å². The highest BCUT2D eigenvalue weighted by molar-refractivity contribution is 6.07. The highest BCUT2D eigenvalue weighted by Crippen LogP contribution is 2.28. The molecule has 8 nitrogen and oxygen atoms in total. The third-order valence-corrected chi connectivity index (χ3v) is 6.73. The van der Waals surface area contributed by atoms with Crippen LogP contribution >= 0.6 is 0 Å². The number of rotatable bonds is 7. The highest BCUT2D eigenvalue weighted by atomic mass is 19.1. The summed E-state index contributed by atoms with van der Waals surface area (Å²) < 4.78 is 43.0. The van der Waals surface area contributed by atoms with Crippen molar-refractivity contribution < 1.29 is 18.0 Å². The zero-order chi connectivity index (χ0) is 25.9. The molecule has 1 aliphatic heterocycles. The number of aromatic nitrogens is 2. The SMILES string of the molecule is CN1CCN(c2ccc(Nc3ncc(C(=O)Nc4c(F)cccc4F)c(NC4CCC4)n3)cc2F)CC1. The molecule has 1 aromatic heterocycles. The van der Waals surface area contributed by atoms with Gasteiger partial charge in [0.15, 0.2) is 0 Å². The number of likely N-dealkylation sites (N-methyl/N-ethyl adjacent to an activating group) is 1. The average Bonchev–Trinajstić information content (AvgIpc) is 2.85. The molecule has 5 rings (SSSR count). The van der Waals surface area contributed by atoms with Gasteiger partial charge < -0.3 is 25.8 Å². The van der Waals surface area contributed by atoms with Crippen molar-refractivity contribution in [2.75, 3.05) is 54.1 Å². The lowest BCUT2D eigenvalue weighted by molar-refractivity contribution is 0.102. The maximum absolute atomic E-state index is 14.9. The van der Waals surface area contributed by atoms with Crippen LogP contribution in [0.3, 0.4) is 0 Å². The van der Waals surface area contributed by atoms with Gasteiger partial charge in [0.05, 0.1) is 5.69 Å². The zero-order valence-electron chi connectivity index (χ0n) is 20.4. The second kappa shape index (κ2) is 10.6. The highest BCUT2D eigenvalue weighted by Gasteiger charge is 2.24. The molecule has 0 atom stereocenters. The zero-order valence-corrected chi connectivity index (χ0v) is 20.4. The number of benzene rings is 2. The van der Waals surface area contributed by atoms with Crippen molar-refractivity contribution >= 4 is 34.7 Å². The number of anilines is 5. The Balaban J connectivity index is 1.35. The van der Waals surface area contributed by atoms with Gasteiger partial charge in [-0.2, -0.15) is 4.98 Å². The number of para-hydroxylation sites is 1. The van der Waals surface area contributed by atoms with E-state index in [1.165, 1.54) is 18.3 Å². The maximum Gasteiger partial charge on any atom is 0.261 e. The molecule has 1 aliphatic carbocycles. The Morgan fingerprint density at radius 3 is 2.38 bits per heavy atom. The van der Waals surface area contributed by atoms with E-state index in [-0.39, 0.29) is 29.2 Å². The first-order chi connectivity index (χ1) is 17.9. The molecule has 1 saturated heterocycles. The Hall–Kier alpha value is -3.86. The summed E-state index contributed by atoms with van der Waals surface area (Å²) in [4.78, 5) is 25.7. The molecule has 0 spiro atoms. The molecule has 0 bridgehead atoms. The number of amides is 1. The minimum absolute atomic E-state index is 0.0386. The second-order valence-electron chi connectivity index (χ2n) is 9.36. The summed E-state index contributed by atoms with van der Waals surface area (Å²) in [6.07, 6.45) is 4.15. The van der Waals surface area contributed by atoms with Gasteiger partial charge in [-0.15, -0.1) is 0 Å². The Kier molecular flexibility index (Phi) is 7.13. The molecule has 0 radical (unpaired) electrons. The van der Waals surface area contributed by atoms with Gasteiger partial charge in [-0.3, -0.25) is 4.79 Å². The molecule has 194 valence electrons. The van der Waals surface area contributed by atoms with E-state index in [4.69, 9.17) is 0 Å². The summed E-state index contributed by atoms with van der Waals surface area (Å²) >= 11 is 0. The summed E-state index contributed by atoms with van der Waals surface area (Å²) in [7, 11) is 2.04. The maximum atomic E-state index is 14.9. The Bertz CT molecular complexity index is 1270. The van der Waals surface area contributed by atoms with Crippen molar-refractivity contribution in [2.24, 2.45) is 0 Å². The number of halogens is 3. The first-order valence-corrected chi connectivity index (χ1v) is 12.3. The largest absolute Gasteiger partial charge is 0.367 e. The minimum Gasteiger partial charge on any atom is -0.367 e. The number of carbonyl (C=O) groups excluding carboxylic acids is 1. The summed E-state index contributed by atoms with van der Waals surface area (Å²) in [5, 5.41) is 8.47. The first kappa shape index (κ1) is 24.8. The fraction of sp³-hybridized carbons (Fsp3) is 0.346. The standard InChI is InChI=1S/C26H28F3N7O/c1-35-10-12-36(13-11-35)22-9-8-17(14-21(22)29)32-26-30-15-18(24(34-26)31-16-4-2-5-16)25(37)33-23-19(27)6-3-7-20(23)28/h3,6-9,14-16H,2,4-5,10-13H2,1H3,(H,33,37)(H2,30,31,32,34). The van der Waals surface area contributed by atoms with Crippen LogP contribution in [0, 0.1) is 17.5 Å². The lowest BCUT2D eigenvalue weighted by atomic mass is 9.93. The van der Waals surface area contributed by atoms with Gasteiger partial charge in [0.25, 0.3) is 5.91 Å². The molecule has 1 amide bonds. The quantitative estimate of drug-likeness (QED) is 0.427. The number of hydrogen-bond donors (Lipinski definition) is 3. The summed E-state index contributed by atoms with van der Waals surface area (Å²) in [5.74, 6) is -2.50. The van der Waals surface area contributed by atoms with E-state index >= 15 is 0 Å². The van der Waals surface area contributed by atoms with Gasteiger partial charge >= 0.3 is 0 Å². The molecule has 37 heavy (non-hydrogen) atoms. The number of hydrogen-bond acceptors (Lipinski definition) is 7. The summed E-state index contributed by atoms with van der Waals surface area (Å²) in [6, 6.07) is 8.32. The smallest absolute Gasteiger partial charge is 0.261 e. The van der Waals surface area contributed by atoms with E-state index in [9.17, 15) is 18.0 Å². The molecule has 2 fully saturated rings. The van der Waals surface area contributed by atoms with Crippen LogP contribution in [0.2, 0.25) is 0 Å². The van der Waals surface area contributed by atoms with Gasteiger partial charge in [0, 0.05) is 44.1 Å². The number of piperazine rings is 1. The van der Waals surface area contributed by atoms with Crippen LogP contribution in [0.5, 0.6) is 0 Å². The Labute approximate surface area is 212 Å². The van der Waals surface area contributed by atoms with Crippen molar-refractivity contribution in [3.05, 3.63) is 65.6 Å². The molecule has 1 saturated carbocycles. The van der Waals surface area contributed by atoms with Crippen molar-refractivity contribution in [1.29, 1.82) is 0 Å². The van der Waals surface area contributed by atoms with Gasteiger partial charge in [-0.1, -0.05) is 6.07 Å². The van der Waals surface area contributed by atoms with E-state index in [0.717, 1.165) is 57.6 Å². The average molecular weight is 512 g/mol. The summed E-state index contributed by atoms with van der Waals surface area (Å²) in [6.45, 7) is 3.24. The van der Waals surface area contributed by atoms with Crippen molar-refractivity contribution in [3.63, 3.8) is 0 Å². The van der Waals surface area contributed by atoms with Crippen LogP contribution in [0.1, 0.15) is 29.6 Å². The molecular formula is C26H28F3N7O. The number of nitrogens with zero attached hydrogens (tertiary/aromatic N) is 4. The molecule has 3 aromatic rings. The van der Waals surface area contributed by atoms with E-state index in [1.54, 1.807) is 12.1 Å². The molecule has 2 aliphatic rings. The van der Waals surface area contributed by atoms with Crippen LogP contribution in [0.15, 0.2) is 42.6 Å². The lowest BCUT2D eigenvalue weighted by Crippen LogP contribution is -2.44. The first-order valence-electron chi connectivity index (χ1n) is 12.3. The van der Waals surface area contributed by atoms with Crippen LogP contribution in [-0.2, 0) is 0 Å². The van der Waals surface area contributed by atoms with Crippen LogP contribution in [0.25, 0.3) is 0 Å². The molecule has 2 aromatic carbocycles. The second-order valence-corrected chi connectivity index (χ2v) is 9.36. The third-order valence-electron chi connectivity index (χ3n) is 6.73. The van der Waals surface area contributed by atoms with Crippen LogP contribution in [0.4, 0.5) is 42.0 Å². The lowest BCUT2D eigenvalue weighted by Gasteiger charge is -2.34. The number of nitrogens with one attached hydrogen (secondary N) is 3. The predicted octanol–water partition coefficient (Wildman–Crippen LogP) is 4.61. The van der Waals surface area contributed by atoms with Gasteiger partial charge in [-0.05, 0) is 56.6 Å². The fourth-order valence-electron chi connectivity index (χ4n) is 4.28. The molecule has 11 heteroatoms. The molecular weight excluding hydrogens is 483 g/mol.